The van der Waals surface area contributed by atoms with E-state index in [1.807, 2.05) is 32.0 Å². The second-order valence-corrected chi connectivity index (χ2v) is 9.29. The number of nitrogens with one attached hydrogen (secondary N) is 2. The molecule has 0 atom stereocenters. The number of rotatable bonds is 6. The molecule has 0 spiro atoms. The zero-order valence-corrected chi connectivity index (χ0v) is 19.1. The van der Waals surface area contributed by atoms with Crippen LogP contribution in [0.1, 0.15) is 21.5 Å². The van der Waals surface area contributed by atoms with E-state index in [0.717, 1.165) is 11.1 Å². The highest BCUT2D eigenvalue weighted by atomic mass is 79.9. The highest BCUT2D eigenvalue weighted by Gasteiger charge is 2.17. The van der Waals surface area contributed by atoms with E-state index in [9.17, 15) is 13.2 Å². The van der Waals surface area contributed by atoms with Gasteiger partial charge in [-0.3, -0.25) is 9.52 Å². The van der Waals surface area contributed by atoms with Crippen molar-refractivity contribution in [3.8, 4) is 5.75 Å². The van der Waals surface area contributed by atoms with Gasteiger partial charge in [0.2, 0.25) is 0 Å². The van der Waals surface area contributed by atoms with Crippen LogP contribution in [0, 0.1) is 13.8 Å². The Labute approximate surface area is 184 Å². The summed E-state index contributed by atoms with van der Waals surface area (Å²) in [5, 5.41) is 2.83. The molecular weight excluding hydrogens is 468 g/mol. The first kappa shape index (κ1) is 21.9. The van der Waals surface area contributed by atoms with Crippen molar-refractivity contribution >= 4 is 43.2 Å². The second kappa shape index (κ2) is 8.89. The topological polar surface area (TPSA) is 84.5 Å². The average Bonchev–Trinajstić information content (AvgIpc) is 2.70. The van der Waals surface area contributed by atoms with Crippen molar-refractivity contribution in [2.75, 3.05) is 17.1 Å². The van der Waals surface area contributed by atoms with Gasteiger partial charge in [0, 0.05) is 11.3 Å². The Bertz CT molecular complexity index is 1210. The lowest BCUT2D eigenvalue weighted by Gasteiger charge is -2.12. The molecule has 0 heterocycles. The molecule has 0 aromatic heterocycles. The predicted octanol–water partition coefficient (Wildman–Crippen LogP) is 5.13. The Morgan fingerprint density at radius 2 is 1.77 bits per heavy atom. The summed E-state index contributed by atoms with van der Waals surface area (Å²) in [5.41, 5.74) is 3.32. The Kier molecular flexibility index (Phi) is 6.48. The first-order valence-corrected chi connectivity index (χ1v) is 11.3. The second-order valence-electron chi connectivity index (χ2n) is 6.76. The summed E-state index contributed by atoms with van der Waals surface area (Å²) >= 11 is 3.33. The molecule has 3 rings (SSSR count). The summed E-state index contributed by atoms with van der Waals surface area (Å²) in [4.78, 5) is 12.6. The molecule has 3 aromatic rings. The fourth-order valence-electron chi connectivity index (χ4n) is 2.90. The molecule has 0 radical (unpaired) electrons. The number of carbonyl (C=O) groups excluding carboxylic acids is 1. The molecule has 156 valence electrons. The van der Waals surface area contributed by atoms with Crippen LogP contribution in [0.4, 0.5) is 11.4 Å². The van der Waals surface area contributed by atoms with Crippen molar-refractivity contribution in [2.24, 2.45) is 0 Å². The fourth-order valence-corrected chi connectivity index (χ4v) is 4.53. The third-order valence-electron chi connectivity index (χ3n) is 4.44. The third-order valence-corrected chi connectivity index (χ3v) is 6.44. The summed E-state index contributed by atoms with van der Waals surface area (Å²) < 4.78 is 33.9. The van der Waals surface area contributed by atoms with Gasteiger partial charge in [-0.15, -0.1) is 0 Å². The van der Waals surface area contributed by atoms with E-state index in [1.165, 1.54) is 25.3 Å². The van der Waals surface area contributed by atoms with Crippen LogP contribution in [-0.2, 0) is 10.0 Å². The smallest absolute Gasteiger partial charge is 0.261 e. The molecule has 0 aliphatic rings. The Morgan fingerprint density at radius 3 is 2.43 bits per heavy atom. The minimum atomic E-state index is -3.88. The number of ether oxygens (including phenoxy) is 1. The van der Waals surface area contributed by atoms with Crippen LogP contribution < -0.4 is 14.8 Å². The van der Waals surface area contributed by atoms with Crippen molar-refractivity contribution in [2.45, 2.75) is 18.7 Å². The molecule has 0 aliphatic carbocycles. The minimum absolute atomic E-state index is 0.0114. The lowest BCUT2D eigenvalue weighted by atomic mass is 10.1. The molecule has 30 heavy (non-hydrogen) atoms. The van der Waals surface area contributed by atoms with Crippen LogP contribution in [-0.4, -0.2) is 21.4 Å². The van der Waals surface area contributed by atoms with Crippen molar-refractivity contribution in [1.82, 2.24) is 0 Å². The van der Waals surface area contributed by atoms with Crippen LogP contribution >= 0.6 is 15.9 Å². The predicted molar refractivity (Wildman–Crippen MR) is 122 cm³/mol. The van der Waals surface area contributed by atoms with Gasteiger partial charge in [-0.05, 0) is 77.8 Å². The fraction of sp³-hybridized carbons (Fsp3) is 0.136. The number of amides is 1. The maximum atomic E-state index is 12.8. The van der Waals surface area contributed by atoms with Crippen molar-refractivity contribution in [3.05, 3.63) is 81.8 Å². The van der Waals surface area contributed by atoms with Crippen LogP contribution in [0.25, 0.3) is 0 Å². The van der Waals surface area contributed by atoms with Gasteiger partial charge in [0.1, 0.15) is 5.75 Å². The number of sulfonamides is 1. The largest absolute Gasteiger partial charge is 0.496 e. The van der Waals surface area contributed by atoms with Gasteiger partial charge in [0.05, 0.1) is 22.2 Å². The minimum Gasteiger partial charge on any atom is -0.496 e. The number of benzene rings is 3. The van der Waals surface area contributed by atoms with Gasteiger partial charge < -0.3 is 10.1 Å². The molecule has 0 aliphatic heterocycles. The Balaban J connectivity index is 1.82. The SMILES string of the molecule is COc1ccc(NS(=O)(=O)c2cccc(C(=O)Nc3ccc(C)cc3C)c2)cc1Br. The zero-order valence-electron chi connectivity index (χ0n) is 16.7. The molecule has 8 heteroatoms. The summed E-state index contributed by atoms with van der Waals surface area (Å²) in [6, 6.07) is 16.4. The van der Waals surface area contributed by atoms with Gasteiger partial charge >= 0.3 is 0 Å². The summed E-state index contributed by atoms with van der Waals surface area (Å²) in [6.45, 7) is 3.88. The van der Waals surface area contributed by atoms with Crippen LogP contribution in [0.15, 0.2) is 70.0 Å². The van der Waals surface area contributed by atoms with Crippen LogP contribution in [0.3, 0.4) is 0 Å². The maximum Gasteiger partial charge on any atom is 0.261 e. The standard InChI is InChI=1S/C22H21BrN2O4S/c1-14-7-9-20(15(2)11-14)24-22(26)16-5-4-6-18(12-16)30(27,28)25-17-8-10-21(29-3)19(23)13-17/h4-13,25H,1-3H3,(H,24,26). The van der Waals surface area contributed by atoms with E-state index in [-0.39, 0.29) is 16.4 Å². The molecule has 0 bridgehead atoms. The van der Waals surface area contributed by atoms with E-state index < -0.39 is 10.0 Å². The molecule has 0 saturated heterocycles. The van der Waals surface area contributed by atoms with Crippen molar-refractivity contribution in [3.63, 3.8) is 0 Å². The molecule has 0 saturated carbocycles. The van der Waals surface area contributed by atoms with Crippen LogP contribution in [0.5, 0.6) is 5.75 Å². The van der Waals surface area contributed by atoms with E-state index in [0.29, 0.717) is 21.6 Å². The molecule has 6 nitrogen and oxygen atoms in total. The number of hydrogen-bond donors (Lipinski definition) is 2. The first-order valence-electron chi connectivity index (χ1n) is 9.04. The Hall–Kier alpha value is -2.84. The number of methoxy groups -OCH3 is 1. The number of hydrogen-bond acceptors (Lipinski definition) is 4. The highest BCUT2D eigenvalue weighted by Crippen LogP contribution is 2.29. The number of carbonyl (C=O) groups is 1. The summed E-state index contributed by atoms with van der Waals surface area (Å²) in [5.74, 6) is 0.203. The third kappa shape index (κ3) is 5.01. The normalized spacial score (nSPS) is 11.1. The quantitative estimate of drug-likeness (QED) is 0.503. The molecule has 0 unspecified atom stereocenters. The number of halogens is 1. The lowest BCUT2D eigenvalue weighted by Crippen LogP contribution is -2.16. The average molecular weight is 489 g/mol. The first-order chi connectivity index (χ1) is 14.2. The van der Waals surface area contributed by atoms with E-state index in [2.05, 4.69) is 26.0 Å². The lowest BCUT2D eigenvalue weighted by molar-refractivity contribution is 0.102. The summed E-state index contributed by atoms with van der Waals surface area (Å²) in [7, 11) is -2.36. The number of anilines is 2. The molecule has 2 N–H and O–H groups in total. The van der Waals surface area contributed by atoms with Crippen molar-refractivity contribution in [1.29, 1.82) is 0 Å². The molecule has 1 amide bonds. The van der Waals surface area contributed by atoms with Gasteiger partial charge in [0.15, 0.2) is 0 Å². The maximum absolute atomic E-state index is 12.8. The Morgan fingerprint density at radius 1 is 1.00 bits per heavy atom. The van der Waals surface area contributed by atoms with E-state index in [4.69, 9.17) is 4.74 Å². The molecule has 0 fully saturated rings. The van der Waals surface area contributed by atoms with Gasteiger partial charge in [0.25, 0.3) is 15.9 Å². The molecule has 3 aromatic carbocycles. The molecular formula is C22H21BrN2O4S. The van der Waals surface area contributed by atoms with Gasteiger partial charge in [-0.25, -0.2) is 8.42 Å². The monoisotopic (exact) mass is 488 g/mol. The highest BCUT2D eigenvalue weighted by molar-refractivity contribution is 9.10. The van der Waals surface area contributed by atoms with E-state index >= 15 is 0 Å². The van der Waals surface area contributed by atoms with Crippen LogP contribution in [0.2, 0.25) is 0 Å². The van der Waals surface area contributed by atoms with Crippen molar-refractivity contribution < 1.29 is 17.9 Å². The van der Waals surface area contributed by atoms with Gasteiger partial charge in [-0.2, -0.15) is 0 Å². The number of aryl methyl sites for hydroxylation is 2. The zero-order chi connectivity index (χ0) is 21.9. The summed E-state index contributed by atoms with van der Waals surface area (Å²) in [6.07, 6.45) is 0. The van der Waals surface area contributed by atoms with Gasteiger partial charge in [-0.1, -0.05) is 23.8 Å². The van der Waals surface area contributed by atoms with E-state index in [1.54, 1.807) is 24.3 Å².